The van der Waals surface area contributed by atoms with Crippen molar-refractivity contribution in [1.29, 1.82) is 0 Å². The Balaban J connectivity index is 2.69. The fraction of sp³-hybridized carbons (Fsp3) is 0.462. The molecule has 0 spiro atoms. The highest BCUT2D eigenvalue weighted by atomic mass is 79.9. The number of benzene rings is 1. The molecular formula is C13H20BrN3O. The molecule has 1 aromatic carbocycles. The van der Waals surface area contributed by atoms with Crippen LogP contribution in [0.3, 0.4) is 0 Å². The molecule has 1 aromatic rings. The van der Waals surface area contributed by atoms with E-state index in [4.69, 9.17) is 5.73 Å². The zero-order valence-corrected chi connectivity index (χ0v) is 12.5. The number of rotatable bonds is 7. The standard InChI is InChI=1S/C13H20BrN3O/c1-3-6-16-8-10-4-5-11(7-12(10)14)17(2)9-13(15)18/h4-5,7,16H,3,6,8-9H2,1-2H3,(H2,15,18). The van der Waals surface area contributed by atoms with Crippen LogP contribution >= 0.6 is 15.9 Å². The zero-order valence-electron chi connectivity index (χ0n) is 10.9. The first kappa shape index (κ1) is 15.0. The summed E-state index contributed by atoms with van der Waals surface area (Å²) in [7, 11) is 1.85. The molecule has 0 heterocycles. The molecule has 0 saturated carbocycles. The summed E-state index contributed by atoms with van der Waals surface area (Å²) in [6.07, 6.45) is 1.12. The van der Waals surface area contributed by atoms with Gasteiger partial charge in [0.15, 0.2) is 0 Å². The summed E-state index contributed by atoms with van der Waals surface area (Å²) >= 11 is 3.55. The largest absolute Gasteiger partial charge is 0.368 e. The SMILES string of the molecule is CCCNCc1ccc(N(C)CC(N)=O)cc1Br. The van der Waals surface area contributed by atoms with Gasteiger partial charge in [-0.1, -0.05) is 28.9 Å². The van der Waals surface area contributed by atoms with Gasteiger partial charge in [-0.3, -0.25) is 4.79 Å². The van der Waals surface area contributed by atoms with Gasteiger partial charge in [0.2, 0.25) is 5.91 Å². The highest BCUT2D eigenvalue weighted by molar-refractivity contribution is 9.10. The number of carbonyl (C=O) groups excluding carboxylic acids is 1. The van der Waals surface area contributed by atoms with Gasteiger partial charge in [0, 0.05) is 23.8 Å². The molecule has 0 bridgehead atoms. The van der Waals surface area contributed by atoms with Crippen molar-refractivity contribution in [3.63, 3.8) is 0 Å². The van der Waals surface area contributed by atoms with Crippen molar-refractivity contribution >= 4 is 27.5 Å². The number of amides is 1. The molecule has 100 valence electrons. The topological polar surface area (TPSA) is 58.4 Å². The first-order valence-electron chi connectivity index (χ1n) is 6.03. The van der Waals surface area contributed by atoms with Crippen LogP contribution in [0.2, 0.25) is 0 Å². The van der Waals surface area contributed by atoms with Crippen LogP contribution < -0.4 is 16.0 Å². The van der Waals surface area contributed by atoms with E-state index in [1.165, 1.54) is 5.56 Å². The predicted octanol–water partition coefficient (Wildman–Crippen LogP) is 1.87. The molecule has 1 rings (SSSR count). The fourth-order valence-corrected chi connectivity index (χ4v) is 2.15. The van der Waals surface area contributed by atoms with Gasteiger partial charge in [-0.25, -0.2) is 0 Å². The van der Waals surface area contributed by atoms with Gasteiger partial charge >= 0.3 is 0 Å². The maximum absolute atomic E-state index is 10.9. The molecule has 4 nitrogen and oxygen atoms in total. The number of carbonyl (C=O) groups is 1. The maximum atomic E-state index is 10.9. The first-order valence-corrected chi connectivity index (χ1v) is 6.82. The Bertz CT molecular complexity index is 409. The maximum Gasteiger partial charge on any atom is 0.236 e. The van der Waals surface area contributed by atoms with Crippen LogP contribution in [0.5, 0.6) is 0 Å². The minimum atomic E-state index is -0.331. The zero-order chi connectivity index (χ0) is 13.5. The van der Waals surface area contributed by atoms with Gasteiger partial charge < -0.3 is 16.0 Å². The summed E-state index contributed by atoms with van der Waals surface area (Å²) in [5.74, 6) is -0.331. The van der Waals surface area contributed by atoms with Crippen LogP contribution in [0.1, 0.15) is 18.9 Å². The predicted molar refractivity (Wildman–Crippen MR) is 78.6 cm³/mol. The molecule has 0 fully saturated rings. The summed E-state index contributed by atoms with van der Waals surface area (Å²) in [4.78, 5) is 12.7. The van der Waals surface area contributed by atoms with Gasteiger partial charge in [0.05, 0.1) is 6.54 Å². The lowest BCUT2D eigenvalue weighted by Crippen LogP contribution is -2.30. The number of hydrogen-bond acceptors (Lipinski definition) is 3. The molecule has 0 atom stereocenters. The van der Waals surface area contributed by atoms with Crippen LogP contribution in [-0.4, -0.2) is 26.0 Å². The molecule has 0 aliphatic heterocycles. The Morgan fingerprint density at radius 1 is 1.50 bits per heavy atom. The van der Waals surface area contributed by atoms with Gasteiger partial charge in [0.25, 0.3) is 0 Å². The number of halogens is 1. The van der Waals surface area contributed by atoms with Crippen molar-refractivity contribution in [3.8, 4) is 0 Å². The van der Waals surface area contributed by atoms with Gasteiger partial charge in [0.1, 0.15) is 0 Å². The summed E-state index contributed by atoms with van der Waals surface area (Å²) < 4.78 is 1.04. The Kier molecular flexibility index (Phi) is 6.15. The number of primary amides is 1. The van der Waals surface area contributed by atoms with Crippen molar-refractivity contribution in [2.75, 3.05) is 25.0 Å². The molecule has 18 heavy (non-hydrogen) atoms. The Morgan fingerprint density at radius 3 is 2.78 bits per heavy atom. The minimum Gasteiger partial charge on any atom is -0.368 e. The fourth-order valence-electron chi connectivity index (χ4n) is 1.64. The van der Waals surface area contributed by atoms with E-state index in [1.54, 1.807) is 0 Å². The normalized spacial score (nSPS) is 10.4. The number of hydrogen-bond donors (Lipinski definition) is 2. The lowest BCUT2D eigenvalue weighted by Gasteiger charge is -2.18. The van der Waals surface area contributed by atoms with E-state index in [1.807, 2.05) is 24.1 Å². The quantitative estimate of drug-likeness (QED) is 0.756. The second-order valence-electron chi connectivity index (χ2n) is 4.27. The molecule has 0 aromatic heterocycles. The number of nitrogens with zero attached hydrogens (tertiary/aromatic N) is 1. The molecule has 0 saturated heterocycles. The smallest absolute Gasteiger partial charge is 0.236 e. The lowest BCUT2D eigenvalue weighted by molar-refractivity contribution is -0.116. The third-order valence-corrected chi connectivity index (χ3v) is 3.35. The van der Waals surface area contributed by atoms with E-state index < -0.39 is 0 Å². The summed E-state index contributed by atoms with van der Waals surface area (Å²) in [5, 5.41) is 3.36. The minimum absolute atomic E-state index is 0.222. The van der Waals surface area contributed by atoms with Gasteiger partial charge in [-0.05, 0) is 30.7 Å². The van der Waals surface area contributed by atoms with Crippen LogP contribution in [0.25, 0.3) is 0 Å². The van der Waals surface area contributed by atoms with E-state index in [9.17, 15) is 4.79 Å². The molecule has 1 amide bonds. The summed E-state index contributed by atoms with van der Waals surface area (Å²) in [6, 6.07) is 6.06. The van der Waals surface area contributed by atoms with E-state index in [-0.39, 0.29) is 12.5 Å². The molecule has 0 radical (unpaired) electrons. The van der Waals surface area contributed by atoms with Crippen LogP contribution in [0.15, 0.2) is 22.7 Å². The van der Waals surface area contributed by atoms with Crippen molar-refractivity contribution < 1.29 is 4.79 Å². The van der Waals surface area contributed by atoms with E-state index in [0.717, 1.165) is 29.7 Å². The van der Waals surface area contributed by atoms with Crippen molar-refractivity contribution in [3.05, 3.63) is 28.2 Å². The number of likely N-dealkylation sites (N-methyl/N-ethyl adjacent to an activating group) is 1. The van der Waals surface area contributed by atoms with Gasteiger partial charge in [-0.2, -0.15) is 0 Å². The summed E-state index contributed by atoms with van der Waals surface area (Å²) in [5.41, 5.74) is 7.36. The van der Waals surface area contributed by atoms with Crippen molar-refractivity contribution in [2.24, 2.45) is 5.73 Å². The van der Waals surface area contributed by atoms with Crippen molar-refractivity contribution in [2.45, 2.75) is 19.9 Å². The molecule has 0 aliphatic carbocycles. The molecule has 5 heteroatoms. The number of nitrogens with two attached hydrogens (primary N) is 1. The summed E-state index contributed by atoms with van der Waals surface area (Å²) in [6.45, 7) is 4.22. The van der Waals surface area contributed by atoms with Crippen molar-refractivity contribution in [1.82, 2.24) is 5.32 Å². The highest BCUT2D eigenvalue weighted by Gasteiger charge is 2.07. The number of nitrogens with one attached hydrogen (secondary N) is 1. The first-order chi connectivity index (χ1) is 8.54. The second kappa shape index (κ2) is 7.38. The molecule has 3 N–H and O–H groups in total. The highest BCUT2D eigenvalue weighted by Crippen LogP contribution is 2.23. The lowest BCUT2D eigenvalue weighted by atomic mass is 10.2. The number of anilines is 1. The Morgan fingerprint density at radius 2 is 2.22 bits per heavy atom. The third kappa shape index (κ3) is 4.66. The second-order valence-corrected chi connectivity index (χ2v) is 5.13. The van der Waals surface area contributed by atoms with E-state index in [2.05, 4.69) is 34.2 Å². The molecule has 0 aliphatic rings. The van der Waals surface area contributed by atoms with Crippen LogP contribution in [0.4, 0.5) is 5.69 Å². The van der Waals surface area contributed by atoms with Crippen LogP contribution in [0, 0.1) is 0 Å². The Hall–Kier alpha value is -1.07. The monoisotopic (exact) mass is 313 g/mol. The third-order valence-electron chi connectivity index (χ3n) is 2.61. The van der Waals surface area contributed by atoms with E-state index >= 15 is 0 Å². The average molecular weight is 314 g/mol. The Labute approximate surface area is 117 Å². The molecular weight excluding hydrogens is 294 g/mol. The van der Waals surface area contributed by atoms with Gasteiger partial charge in [-0.15, -0.1) is 0 Å². The van der Waals surface area contributed by atoms with E-state index in [0.29, 0.717) is 0 Å². The average Bonchev–Trinajstić information content (AvgIpc) is 2.30. The van der Waals surface area contributed by atoms with Crippen LogP contribution in [-0.2, 0) is 11.3 Å². The molecule has 0 unspecified atom stereocenters.